The second kappa shape index (κ2) is 9.88. The van der Waals surface area contributed by atoms with Crippen molar-refractivity contribution in [3.8, 4) is 0 Å². The zero-order valence-corrected chi connectivity index (χ0v) is 20.6. The third-order valence-corrected chi connectivity index (χ3v) is 10.4. The molecule has 3 rings (SSSR count). The Hall–Kier alpha value is -2.29. The van der Waals surface area contributed by atoms with Crippen molar-refractivity contribution in [3.05, 3.63) is 64.7 Å². The Balaban J connectivity index is 2.10. The van der Waals surface area contributed by atoms with Gasteiger partial charge in [-0.3, -0.25) is 4.79 Å². The molecule has 1 aliphatic carbocycles. The van der Waals surface area contributed by atoms with E-state index in [1.807, 2.05) is 0 Å². The van der Waals surface area contributed by atoms with Crippen molar-refractivity contribution >= 4 is 37.4 Å². The van der Waals surface area contributed by atoms with E-state index in [-0.39, 0.29) is 14.2 Å². The van der Waals surface area contributed by atoms with E-state index in [4.69, 9.17) is 16.7 Å². The summed E-state index contributed by atoms with van der Waals surface area (Å²) in [5, 5.41) is 8.94. The minimum atomic E-state index is -6.00. The van der Waals surface area contributed by atoms with Crippen LogP contribution in [0.3, 0.4) is 0 Å². The summed E-state index contributed by atoms with van der Waals surface area (Å²) in [6.07, 6.45) is -2.81. The maximum atomic E-state index is 14.8. The average molecular weight is 576 g/mol. The summed E-state index contributed by atoms with van der Waals surface area (Å²) in [7, 11) is -10.6. The molecule has 0 unspecified atom stereocenters. The van der Waals surface area contributed by atoms with E-state index < -0.39 is 91.6 Å². The number of carboxylic acid groups (broad SMARTS) is 1. The molecule has 0 amide bonds. The molecule has 0 atom stereocenters. The van der Waals surface area contributed by atoms with Gasteiger partial charge in [-0.05, 0) is 61.7 Å². The molecule has 15 heteroatoms. The second-order valence-electron chi connectivity index (χ2n) is 8.20. The van der Waals surface area contributed by atoms with Crippen molar-refractivity contribution in [1.29, 1.82) is 0 Å². The van der Waals surface area contributed by atoms with Crippen LogP contribution in [0.2, 0.25) is 5.02 Å². The van der Waals surface area contributed by atoms with Gasteiger partial charge in [-0.15, -0.1) is 0 Å². The summed E-state index contributed by atoms with van der Waals surface area (Å²) in [4.78, 5) is 10.4. The first-order valence-corrected chi connectivity index (χ1v) is 13.6. The number of rotatable bonds is 9. The zero-order valence-electron chi connectivity index (χ0n) is 18.2. The predicted octanol–water partition coefficient (Wildman–Crippen LogP) is 4.47. The first kappa shape index (κ1) is 28.3. The summed E-state index contributed by atoms with van der Waals surface area (Å²) in [5.41, 5.74) is -6.42. The van der Waals surface area contributed by atoms with Gasteiger partial charge in [0, 0.05) is 29.6 Å². The molecule has 1 saturated carbocycles. The van der Waals surface area contributed by atoms with Crippen LogP contribution >= 0.6 is 11.6 Å². The Labute approximate surface area is 208 Å². The number of aliphatic carboxylic acids is 1. The van der Waals surface area contributed by atoms with Gasteiger partial charge in [-0.25, -0.2) is 25.6 Å². The quantitative estimate of drug-likeness (QED) is 0.442. The fourth-order valence-corrected chi connectivity index (χ4v) is 7.71. The number of alkyl halides is 3. The Kier molecular flexibility index (Phi) is 7.76. The Morgan fingerprint density at radius 1 is 1.06 bits per heavy atom. The predicted molar refractivity (Wildman–Crippen MR) is 118 cm³/mol. The molecule has 0 aliphatic heterocycles. The average Bonchev–Trinajstić information content (AvgIpc) is 2.73. The maximum Gasteiger partial charge on any atom is 0.511 e. The Morgan fingerprint density at radius 2 is 1.64 bits per heavy atom. The van der Waals surface area contributed by atoms with Gasteiger partial charge < -0.3 is 5.11 Å². The molecular formula is C21H19ClF5NO6S2. The molecule has 0 spiro atoms. The third kappa shape index (κ3) is 5.08. The summed E-state index contributed by atoms with van der Waals surface area (Å²) >= 11 is 5.79. The second-order valence-corrected chi connectivity index (χ2v) is 12.8. The van der Waals surface area contributed by atoms with E-state index >= 15 is 0 Å². The minimum absolute atomic E-state index is 0.0111. The highest BCUT2D eigenvalue weighted by Gasteiger charge is 2.62. The molecule has 1 N–H and O–H groups in total. The van der Waals surface area contributed by atoms with Crippen LogP contribution in [0.5, 0.6) is 0 Å². The van der Waals surface area contributed by atoms with E-state index in [0.29, 0.717) is 12.1 Å². The van der Waals surface area contributed by atoms with E-state index in [1.54, 1.807) is 0 Å². The molecule has 2 aromatic rings. The van der Waals surface area contributed by atoms with Crippen LogP contribution in [0.25, 0.3) is 0 Å². The lowest BCUT2D eigenvalue weighted by atomic mass is 9.74. The number of carboxylic acids is 1. The van der Waals surface area contributed by atoms with Crippen molar-refractivity contribution in [2.24, 2.45) is 0 Å². The molecule has 7 nitrogen and oxygen atoms in total. The molecule has 0 aromatic heterocycles. The summed E-state index contributed by atoms with van der Waals surface area (Å²) in [6, 6.07) is 5.00. The van der Waals surface area contributed by atoms with Gasteiger partial charge in [0.1, 0.15) is 16.4 Å². The highest BCUT2D eigenvalue weighted by molar-refractivity contribution is 7.92. The number of halogens is 6. The fourth-order valence-electron chi connectivity index (χ4n) is 4.19. The summed E-state index contributed by atoms with van der Waals surface area (Å²) in [6.45, 7) is -0.873. The van der Waals surface area contributed by atoms with Gasteiger partial charge in [0.2, 0.25) is 0 Å². The standard InChI is InChI=1S/C21H19ClF5NO6S2/c22-13-3-6-16(7-4-13)35(31,32)20(17-10-14(23)5-8-18(17)24)11-15(12-20)28(9-1-2-19(29)30)36(33,34)21(25,26)27/h3-8,10,15H,1-2,9,11-12H2,(H,29,30)/t15-,20+. The number of benzene rings is 2. The van der Waals surface area contributed by atoms with Gasteiger partial charge in [0.15, 0.2) is 9.84 Å². The topological polar surface area (TPSA) is 109 Å². The molecule has 198 valence electrons. The molecule has 0 bridgehead atoms. The Bertz CT molecular complexity index is 1360. The normalized spacial score (nSPS) is 20.8. The molecule has 0 saturated heterocycles. The summed E-state index contributed by atoms with van der Waals surface area (Å²) in [5.74, 6) is -3.54. The van der Waals surface area contributed by atoms with Crippen molar-refractivity contribution in [3.63, 3.8) is 0 Å². The van der Waals surface area contributed by atoms with Crippen molar-refractivity contribution < 1.29 is 48.7 Å². The molecular weight excluding hydrogens is 557 g/mol. The number of sulfonamides is 1. The largest absolute Gasteiger partial charge is 0.511 e. The Morgan fingerprint density at radius 3 is 2.17 bits per heavy atom. The van der Waals surface area contributed by atoms with Crippen LogP contribution in [0.15, 0.2) is 47.4 Å². The number of nitrogens with zero attached hydrogens (tertiary/aromatic N) is 1. The van der Waals surface area contributed by atoms with Gasteiger partial charge in [0.05, 0.1) is 4.90 Å². The van der Waals surface area contributed by atoms with Crippen molar-refractivity contribution in [2.45, 2.75) is 46.9 Å². The van der Waals surface area contributed by atoms with Crippen molar-refractivity contribution in [2.75, 3.05) is 6.54 Å². The van der Waals surface area contributed by atoms with Crippen LogP contribution in [0.1, 0.15) is 31.2 Å². The lowest BCUT2D eigenvalue weighted by Gasteiger charge is -2.50. The SMILES string of the molecule is O=C(O)CCCN([C@H]1C[C@@](c2cc(F)ccc2F)(S(=O)(=O)c2ccc(Cl)cc2)C1)S(=O)(=O)C(F)(F)F. The lowest BCUT2D eigenvalue weighted by Crippen LogP contribution is -2.60. The first-order valence-electron chi connectivity index (χ1n) is 10.3. The number of sulfone groups is 1. The van der Waals surface area contributed by atoms with Crippen LogP contribution in [0, 0.1) is 11.6 Å². The minimum Gasteiger partial charge on any atom is -0.481 e. The van der Waals surface area contributed by atoms with E-state index in [1.165, 1.54) is 12.1 Å². The lowest BCUT2D eigenvalue weighted by molar-refractivity contribution is -0.137. The van der Waals surface area contributed by atoms with Crippen LogP contribution < -0.4 is 0 Å². The highest BCUT2D eigenvalue weighted by Crippen LogP contribution is 2.54. The smallest absolute Gasteiger partial charge is 0.481 e. The molecule has 1 aliphatic rings. The van der Waals surface area contributed by atoms with Crippen molar-refractivity contribution in [1.82, 2.24) is 4.31 Å². The number of carbonyl (C=O) groups is 1. The summed E-state index contributed by atoms with van der Waals surface area (Å²) < 4.78 is 118. The third-order valence-electron chi connectivity index (χ3n) is 5.97. The highest BCUT2D eigenvalue weighted by atomic mass is 35.5. The molecule has 0 radical (unpaired) electrons. The molecule has 1 fully saturated rings. The van der Waals surface area contributed by atoms with Gasteiger partial charge in [-0.1, -0.05) is 11.6 Å². The van der Waals surface area contributed by atoms with E-state index in [2.05, 4.69) is 0 Å². The molecule has 0 heterocycles. The maximum absolute atomic E-state index is 14.8. The van der Waals surface area contributed by atoms with Crippen LogP contribution in [-0.4, -0.2) is 50.3 Å². The van der Waals surface area contributed by atoms with Crippen LogP contribution in [-0.2, 0) is 29.4 Å². The van der Waals surface area contributed by atoms with Gasteiger partial charge in [0.25, 0.3) is 0 Å². The fraction of sp³-hybridized carbons (Fsp3) is 0.381. The number of hydrogen-bond acceptors (Lipinski definition) is 5. The van der Waals surface area contributed by atoms with Gasteiger partial charge >= 0.3 is 21.5 Å². The molecule has 36 heavy (non-hydrogen) atoms. The zero-order chi connectivity index (χ0) is 27.1. The monoisotopic (exact) mass is 575 g/mol. The first-order chi connectivity index (χ1) is 16.5. The van der Waals surface area contributed by atoms with Crippen LogP contribution in [0.4, 0.5) is 22.0 Å². The van der Waals surface area contributed by atoms with E-state index in [0.717, 1.165) is 18.2 Å². The molecule has 2 aromatic carbocycles. The van der Waals surface area contributed by atoms with Gasteiger partial charge in [-0.2, -0.15) is 17.5 Å². The number of hydrogen-bond donors (Lipinski definition) is 1. The van der Waals surface area contributed by atoms with E-state index in [9.17, 15) is 43.6 Å².